The van der Waals surface area contributed by atoms with Crippen LogP contribution in [0.25, 0.3) is 0 Å². The predicted octanol–water partition coefficient (Wildman–Crippen LogP) is 2.42. The van der Waals surface area contributed by atoms with Crippen LogP contribution >= 0.6 is 0 Å². The summed E-state index contributed by atoms with van der Waals surface area (Å²) in [5.74, 6) is 1.70. The Labute approximate surface area is 104 Å². The topological polar surface area (TPSA) is 33.3 Å². The monoisotopic (exact) mass is 234 g/mol. The Hall–Kier alpha value is -1.22. The lowest BCUT2D eigenvalue weighted by Crippen LogP contribution is -2.33. The van der Waals surface area contributed by atoms with Crippen molar-refractivity contribution in [2.45, 2.75) is 19.8 Å². The number of benzene rings is 1. The Morgan fingerprint density at radius 1 is 1.47 bits per heavy atom. The zero-order valence-corrected chi connectivity index (χ0v) is 10.8. The molecule has 1 aromatic rings. The molecular formula is C14H22N2O. The summed E-state index contributed by atoms with van der Waals surface area (Å²) < 4.78 is 5.33. The maximum atomic E-state index is 5.33. The summed E-state index contributed by atoms with van der Waals surface area (Å²) in [5, 5.41) is 6.98. The van der Waals surface area contributed by atoms with Crippen molar-refractivity contribution in [3.8, 4) is 5.75 Å². The van der Waals surface area contributed by atoms with Crippen molar-refractivity contribution >= 4 is 5.69 Å². The summed E-state index contributed by atoms with van der Waals surface area (Å²) in [5.41, 5.74) is 2.38. The highest BCUT2D eigenvalue weighted by Crippen LogP contribution is 2.25. The molecule has 1 heterocycles. The Bertz CT molecular complexity index is 359. The number of ether oxygens (including phenoxy) is 1. The number of anilines is 1. The minimum atomic E-state index is 0.745. The van der Waals surface area contributed by atoms with Crippen LogP contribution < -0.4 is 15.4 Å². The molecule has 3 heteroatoms. The van der Waals surface area contributed by atoms with Gasteiger partial charge in [-0.25, -0.2) is 0 Å². The zero-order valence-electron chi connectivity index (χ0n) is 10.8. The van der Waals surface area contributed by atoms with Crippen LogP contribution in [-0.4, -0.2) is 26.7 Å². The quantitative estimate of drug-likeness (QED) is 0.839. The van der Waals surface area contributed by atoms with Crippen LogP contribution in [0.5, 0.6) is 5.75 Å². The lowest BCUT2D eigenvalue weighted by Gasteiger charge is -2.24. The van der Waals surface area contributed by atoms with Gasteiger partial charge in [0.15, 0.2) is 0 Å². The highest BCUT2D eigenvalue weighted by atomic mass is 16.5. The molecule has 0 radical (unpaired) electrons. The molecule has 1 fully saturated rings. The zero-order chi connectivity index (χ0) is 12.1. The molecule has 1 unspecified atom stereocenters. The van der Waals surface area contributed by atoms with Gasteiger partial charge in [0, 0.05) is 17.8 Å². The Balaban J connectivity index is 1.93. The van der Waals surface area contributed by atoms with E-state index in [1.54, 1.807) is 7.11 Å². The van der Waals surface area contributed by atoms with E-state index in [0.717, 1.165) is 24.8 Å². The first-order valence-electron chi connectivity index (χ1n) is 6.39. The average Bonchev–Trinajstić information content (AvgIpc) is 2.39. The maximum Gasteiger partial charge on any atom is 0.123 e. The molecule has 2 N–H and O–H groups in total. The smallest absolute Gasteiger partial charge is 0.123 e. The van der Waals surface area contributed by atoms with Gasteiger partial charge >= 0.3 is 0 Å². The van der Waals surface area contributed by atoms with Crippen molar-refractivity contribution in [1.82, 2.24) is 5.32 Å². The lowest BCUT2D eigenvalue weighted by atomic mass is 9.99. The van der Waals surface area contributed by atoms with E-state index in [0.29, 0.717) is 0 Å². The van der Waals surface area contributed by atoms with E-state index < -0.39 is 0 Å². The summed E-state index contributed by atoms with van der Waals surface area (Å²) in [6.45, 7) is 5.45. The number of rotatable bonds is 4. The molecule has 1 saturated heterocycles. The summed E-state index contributed by atoms with van der Waals surface area (Å²) in [6, 6.07) is 6.16. The third kappa shape index (κ3) is 3.13. The summed E-state index contributed by atoms with van der Waals surface area (Å²) >= 11 is 0. The van der Waals surface area contributed by atoms with Crippen molar-refractivity contribution in [3.63, 3.8) is 0 Å². The summed E-state index contributed by atoms with van der Waals surface area (Å²) in [4.78, 5) is 0. The van der Waals surface area contributed by atoms with Crippen LogP contribution in [0.4, 0.5) is 5.69 Å². The van der Waals surface area contributed by atoms with Crippen molar-refractivity contribution in [2.24, 2.45) is 5.92 Å². The average molecular weight is 234 g/mol. The Morgan fingerprint density at radius 3 is 3.06 bits per heavy atom. The lowest BCUT2D eigenvalue weighted by molar-refractivity contribution is 0.392. The number of nitrogens with one attached hydrogen (secondary N) is 2. The molecule has 0 aromatic heterocycles. The molecular weight excluding hydrogens is 212 g/mol. The van der Waals surface area contributed by atoms with Gasteiger partial charge < -0.3 is 15.4 Å². The second kappa shape index (κ2) is 5.92. The minimum absolute atomic E-state index is 0.745. The van der Waals surface area contributed by atoms with Gasteiger partial charge in [0.2, 0.25) is 0 Å². The summed E-state index contributed by atoms with van der Waals surface area (Å²) in [6.07, 6.45) is 2.62. The molecule has 1 aromatic carbocycles. The van der Waals surface area contributed by atoms with Gasteiger partial charge in [-0.2, -0.15) is 0 Å². The highest BCUT2D eigenvalue weighted by Gasteiger charge is 2.13. The molecule has 0 saturated carbocycles. The van der Waals surface area contributed by atoms with E-state index in [1.165, 1.54) is 30.6 Å². The molecule has 94 valence electrons. The molecule has 1 atom stereocenters. The largest absolute Gasteiger partial charge is 0.496 e. The van der Waals surface area contributed by atoms with Crippen LogP contribution in [0.2, 0.25) is 0 Å². The Morgan fingerprint density at radius 2 is 2.35 bits per heavy atom. The van der Waals surface area contributed by atoms with E-state index in [4.69, 9.17) is 4.74 Å². The van der Waals surface area contributed by atoms with E-state index in [1.807, 2.05) is 12.1 Å². The number of methoxy groups -OCH3 is 1. The first-order valence-corrected chi connectivity index (χ1v) is 6.39. The Kier molecular flexibility index (Phi) is 4.26. The van der Waals surface area contributed by atoms with Crippen molar-refractivity contribution in [1.29, 1.82) is 0 Å². The fraction of sp³-hybridized carbons (Fsp3) is 0.571. The number of hydrogen-bond donors (Lipinski definition) is 2. The summed E-state index contributed by atoms with van der Waals surface area (Å²) in [7, 11) is 1.72. The molecule has 0 bridgehead atoms. The van der Waals surface area contributed by atoms with Crippen LogP contribution in [0.1, 0.15) is 18.4 Å². The van der Waals surface area contributed by atoms with Gasteiger partial charge in [-0.1, -0.05) is 6.07 Å². The SMILES string of the molecule is COc1cccc(NCC2CCCNC2)c1C. The van der Waals surface area contributed by atoms with Crippen LogP contribution in [0.15, 0.2) is 18.2 Å². The van der Waals surface area contributed by atoms with Gasteiger partial charge in [0.05, 0.1) is 7.11 Å². The van der Waals surface area contributed by atoms with Crippen molar-refractivity contribution < 1.29 is 4.74 Å². The van der Waals surface area contributed by atoms with E-state index >= 15 is 0 Å². The van der Waals surface area contributed by atoms with Crippen molar-refractivity contribution in [3.05, 3.63) is 23.8 Å². The molecule has 0 aliphatic carbocycles. The highest BCUT2D eigenvalue weighted by molar-refractivity contribution is 5.56. The third-order valence-electron chi connectivity index (χ3n) is 3.48. The maximum absolute atomic E-state index is 5.33. The van der Waals surface area contributed by atoms with Crippen LogP contribution in [0, 0.1) is 12.8 Å². The first-order chi connectivity index (χ1) is 8.31. The van der Waals surface area contributed by atoms with Crippen LogP contribution in [0.3, 0.4) is 0 Å². The molecule has 1 aliphatic heterocycles. The fourth-order valence-electron chi connectivity index (χ4n) is 2.38. The van der Waals surface area contributed by atoms with Gasteiger partial charge in [0.25, 0.3) is 0 Å². The molecule has 1 aliphatic rings. The molecule has 0 amide bonds. The molecule has 3 nitrogen and oxygen atoms in total. The van der Waals surface area contributed by atoms with Gasteiger partial charge in [-0.3, -0.25) is 0 Å². The predicted molar refractivity (Wildman–Crippen MR) is 71.8 cm³/mol. The fourth-order valence-corrected chi connectivity index (χ4v) is 2.38. The standard InChI is InChI=1S/C14H22N2O/c1-11-13(6-3-7-14(11)17-2)16-10-12-5-4-8-15-9-12/h3,6-7,12,15-16H,4-5,8-10H2,1-2H3. The van der Waals surface area contributed by atoms with Crippen LogP contribution in [-0.2, 0) is 0 Å². The van der Waals surface area contributed by atoms with E-state index in [9.17, 15) is 0 Å². The molecule has 0 spiro atoms. The van der Waals surface area contributed by atoms with Gasteiger partial charge in [0.1, 0.15) is 5.75 Å². The second-order valence-corrected chi connectivity index (χ2v) is 4.73. The van der Waals surface area contributed by atoms with E-state index in [-0.39, 0.29) is 0 Å². The van der Waals surface area contributed by atoms with Gasteiger partial charge in [-0.15, -0.1) is 0 Å². The second-order valence-electron chi connectivity index (χ2n) is 4.73. The number of hydrogen-bond acceptors (Lipinski definition) is 3. The number of piperidine rings is 1. The minimum Gasteiger partial charge on any atom is -0.496 e. The normalized spacial score (nSPS) is 20.0. The molecule has 2 rings (SSSR count). The van der Waals surface area contributed by atoms with Gasteiger partial charge in [-0.05, 0) is 50.9 Å². The third-order valence-corrected chi connectivity index (χ3v) is 3.48. The molecule has 17 heavy (non-hydrogen) atoms. The van der Waals surface area contributed by atoms with Crippen molar-refractivity contribution in [2.75, 3.05) is 32.1 Å². The first kappa shape index (κ1) is 12.2. The van der Waals surface area contributed by atoms with E-state index in [2.05, 4.69) is 23.6 Å².